The highest BCUT2D eigenvalue weighted by molar-refractivity contribution is 7.75. The maximum Gasteiger partial charge on any atom is 0.0594 e. The molecule has 2 heteroatoms. The van der Waals surface area contributed by atoms with Crippen molar-refractivity contribution in [2.75, 3.05) is 24.6 Å². The second-order valence-corrected chi connectivity index (χ2v) is 14.4. The molecule has 0 radical (unpaired) electrons. The Morgan fingerprint density at radius 3 is 0.700 bits per heavy atom. The summed E-state index contributed by atoms with van der Waals surface area (Å²) in [6, 6.07) is 0. The summed E-state index contributed by atoms with van der Waals surface area (Å²) in [6.45, 7) is 9.39. The summed E-state index contributed by atoms with van der Waals surface area (Å²) >= 11 is 0. The Labute approximate surface area is 200 Å². The van der Waals surface area contributed by atoms with Crippen LogP contribution in [0.2, 0.25) is 0 Å². The molecule has 0 saturated carbocycles. The quantitative estimate of drug-likeness (QED) is 0.101. The van der Waals surface area contributed by atoms with E-state index in [-0.39, 0.29) is 12.4 Å². The molecule has 0 rings (SSSR count). The van der Waals surface area contributed by atoms with E-state index < -0.39 is 7.26 Å². The molecule has 0 aliphatic carbocycles. The fourth-order valence-electron chi connectivity index (χ4n) is 4.87. The molecule has 0 N–H and O–H groups in total. The van der Waals surface area contributed by atoms with E-state index in [0.29, 0.717) is 0 Å². The van der Waals surface area contributed by atoms with E-state index >= 15 is 0 Å². The molecule has 0 amide bonds. The lowest BCUT2D eigenvalue weighted by Gasteiger charge is -2.28. The van der Waals surface area contributed by atoms with Gasteiger partial charge in [-0.25, -0.2) is 0 Å². The third kappa shape index (κ3) is 20.6. The average molecular weight is 463 g/mol. The van der Waals surface area contributed by atoms with E-state index in [1.165, 1.54) is 103 Å². The van der Waals surface area contributed by atoms with Crippen molar-refractivity contribution >= 4 is 7.26 Å². The smallest absolute Gasteiger partial charge is 0.0594 e. The van der Waals surface area contributed by atoms with Crippen LogP contribution in [0, 0.1) is 0 Å². The highest BCUT2D eigenvalue weighted by Crippen LogP contribution is 2.61. The van der Waals surface area contributed by atoms with E-state index in [4.69, 9.17) is 0 Å². The van der Waals surface area contributed by atoms with E-state index in [1.807, 2.05) is 0 Å². The van der Waals surface area contributed by atoms with Gasteiger partial charge in [0.15, 0.2) is 0 Å². The van der Waals surface area contributed by atoms with Gasteiger partial charge >= 0.3 is 0 Å². The average Bonchev–Trinajstić information content (AvgIpc) is 2.73. The van der Waals surface area contributed by atoms with Crippen LogP contribution >= 0.6 is 7.26 Å². The van der Waals surface area contributed by atoms with Gasteiger partial charge in [-0.05, 0) is 51.4 Å². The van der Waals surface area contributed by atoms with Crippen LogP contribution in [0.25, 0.3) is 0 Å². The molecule has 0 aromatic carbocycles. The first kappa shape index (κ1) is 32.9. The first-order valence-corrected chi connectivity index (χ1v) is 16.6. The number of hydrogen-bond acceptors (Lipinski definition) is 0. The van der Waals surface area contributed by atoms with Crippen molar-refractivity contribution in [2.24, 2.45) is 0 Å². The van der Waals surface area contributed by atoms with Crippen LogP contribution in [0.1, 0.15) is 156 Å². The largest absolute Gasteiger partial charge is 1.00 e. The summed E-state index contributed by atoms with van der Waals surface area (Å²) in [4.78, 5) is 0. The van der Waals surface area contributed by atoms with Crippen LogP contribution in [-0.2, 0) is 0 Å². The first-order chi connectivity index (χ1) is 14.2. The Balaban J connectivity index is 0. The summed E-state index contributed by atoms with van der Waals surface area (Å²) in [5.41, 5.74) is 0. The van der Waals surface area contributed by atoms with Gasteiger partial charge in [0.1, 0.15) is 0 Å². The Morgan fingerprint density at radius 2 is 0.500 bits per heavy atom. The second kappa shape index (κ2) is 26.0. The summed E-state index contributed by atoms with van der Waals surface area (Å²) in [5.74, 6) is 0. The van der Waals surface area contributed by atoms with Gasteiger partial charge in [0.05, 0.1) is 24.6 Å². The topological polar surface area (TPSA) is 0 Å². The zero-order chi connectivity index (χ0) is 21.5. The molecular weight excluding hydrogens is 403 g/mol. The lowest BCUT2D eigenvalue weighted by Crippen LogP contribution is -3.00. The Hall–Kier alpha value is 0.720. The highest BCUT2D eigenvalue weighted by Gasteiger charge is 2.34. The minimum atomic E-state index is -0.691. The molecule has 0 aliphatic heterocycles. The van der Waals surface area contributed by atoms with Crippen molar-refractivity contribution in [1.29, 1.82) is 0 Å². The predicted octanol–water partition coefficient (Wildman–Crippen LogP) is 7.89. The molecule has 30 heavy (non-hydrogen) atoms. The van der Waals surface area contributed by atoms with Crippen molar-refractivity contribution in [3.8, 4) is 0 Å². The standard InChI is InChI=1S/C28H60P.ClH/c1-5-9-13-17-21-25-29(26-22-18-14-10-6-2,27-23-19-15-11-7-3)28-24-20-16-12-8-4;/h5-28H2,1-4H3;1H/q+1;/p-1. The number of rotatable bonds is 24. The molecule has 0 fully saturated rings. The summed E-state index contributed by atoms with van der Waals surface area (Å²) in [6.07, 6.45) is 36.1. The van der Waals surface area contributed by atoms with Crippen LogP contribution < -0.4 is 12.4 Å². The van der Waals surface area contributed by atoms with Crippen LogP contribution in [0.4, 0.5) is 0 Å². The third-order valence-corrected chi connectivity index (χ3v) is 12.0. The number of halogens is 1. The molecule has 0 nitrogen and oxygen atoms in total. The van der Waals surface area contributed by atoms with E-state index in [0.717, 1.165) is 0 Å². The predicted molar refractivity (Wildman–Crippen MR) is 141 cm³/mol. The van der Waals surface area contributed by atoms with Gasteiger partial charge in [-0.15, -0.1) is 0 Å². The monoisotopic (exact) mass is 462 g/mol. The van der Waals surface area contributed by atoms with Crippen molar-refractivity contribution in [3.63, 3.8) is 0 Å². The fourth-order valence-corrected chi connectivity index (χ4v) is 9.79. The molecule has 0 spiro atoms. The minimum Gasteiger partial charge on any atom is -1.00 e. The van der Waals surface area contributed by atoms with Gasteiger partial charge in [0.25, 0.3) is 0 Å². The molecule has 0 aromatic rings. The maximum absolute atomic E-state index is 2.35. The summed E-state index contributed by atoms with van der Waals surface area (Å²) in [5, 5.41) is 0. The highest BCUT2D eigenvalue weighted by atomic mass is 35.5. The molecule has 0 aromatic heterocycles. The van der Waals surface area contributed by atoms with Gasteiger partial charge in [0, 0.05) is 7.26 Å². The third-order valence-electron chi connectivity index (χ3n) is 6.94. The number of hydrogen-bond donors (Lipinski definition) is 0. The van der Waals surface area contributed by atoms with Crippen LogP contribution in [0.15, 0.2) is 0 Å². The van der Waals surface area contributed by atoms with Gasteiger partial charge in [0.2, 0.25) is 0 Å². The van der Waals surface area contributed by atoms with E-state index in [9.17, 15) is 0 Å². The lowest BCUT2D eigenvalue weighted by atomic mass is 10.2. The molecule has 0 atom stereocenters. The van der Waals surface area contributed by atoms with Crippen molar-refractivity contribution in [3.05, 3.63) is 0 Å². The van der Waals surface area contributed by atoms with Crippen LogP contribution in [0.3, 0.4) is 0 Å². The van der Waals surface area contributed by atoms with Gasteiger partial charge in [-0.2, -0.15) is 0 Å². The Bertz CT molecular complexity index is 244. The molecule has 0 saturated heterocycles. The first-order valence-electron chi connectivity index (χ1n) is 14.1. The molecule has 0 aliphatic rings. The molecule has 0 heterocycles. The Morgan fingerprint density at radius 1 is 0.300 bits per heavy atom. The maximum atomic E-state index is 2.35. The lowest BCUT2D eigenvalue weighted by molar-refractivity contribution is -0.00000668. The van der Waals surface area contributed by atoms with E-state index in [2.05, 4.69) is 27.7 Å². The van der Waals surface area contributed by atoms with Crippen molar-refractivity contribution in [2.45, 2.75) is 156 Å². The number of unbranched alkanes of at least 4 members (excludes halogenated alkanes) is 16. The SMILES string of the molecule is CCCCCCC[P+](CCCCCCC)(CCCCCCC)CCCCCCC.[Cl-]. The summed E-state index contributed by atoms with van der Waals surface area (Å²) < 4.78 is 0. The fraction of sp³-hybridized carbons (Fsp3) is 1.00. The van der Waals surface area contributed by atoms with Crippen LogP contribution in [-0.4, -0.2) is 24.6 Å². The molecule has 184 valence electrons. The summed E-state index contributed by atoms with van der Waals surface area (Å²) in [7, 11) is -0.691. The van der Waals surface area contributed by atoms with E-state index in [1.54, 1.807) is 50.3 Å². The van der Waals surface area contributed by atoms with Gasteiger partial charge in [-0.3, -0.25) is 0 Å². The zero-order valence-corrected chi connectivity index (χ0v) is 23.4. The minimum absolute atomic E-state index is 0. The van der Waals surface area contributed by atoms with Gasteiger partial charge < -0.3 is 12.4 Å². The van der Waals surface area contributed by atoms with Crippen molar-refractivity contribution in [1.82, 2.24) is 0 Å². The molecule has 0 unspecified atom stereocenters. The Kier molecular flexibility index (Phi) is 28.5. The normalized spacial score (nSPS) is 11.6. The zero-order valence-electron chi connectivity index (χ0n) is 21.8. The van der Waals surface area contributed by atoms with Gasteiger partial charge in [-0.1, -0.05) is 105 Å². The second-order valence-electron chi connectivity index (χ2n) is 9.89. The van der Waals surface area contributed by atoms with Crippen molar-refractivity contribution < 1.29 is 12.4 Å². The van der Waals surface area contributed by atoms with Crippen LogP contribution in [0.5, 0.6) is 0 Å². The molecule has 0 bridgehead atoms. The molecular formula is C28H60ClP.